The van der Waals surface area contributed by atoms with Gasteiger partial charge in [-0.2, -0.15) is 4.31 Å². The first-order valence-corrected chi connectivity index (χ1v) is 11.4. The fourth-order valence-electron chi connectivity index (χ4n) is 3.60. The molecule has 1 saturated heterocycles. The largest absolute Gasteiger partial charge is 0.321 e. The Morgan fingerprint density at radius 3 is 2.55 bits per heavy atom. The molecule has 0 aliphatic carbocycles. The third-order valence-corrected chi connectivity index (χ3v) is 7.44. The van der Waals surface area contributed by atoms with E-state index >= 15 is 0 Å². The van der Waals surface area contributed by atoms with Crippen molar-refractivity contribution < 1.29 is 17.6 Å². The molecule has 0 radical (unpaired) electrons. The van der Waals surface area contributed by atoms with Gasteiger partial charge in [0.2, 0.25) is 10.0 Å². The highest BCUT2D eigenvalue weighted by atomic mass is 32.2. The molecule has 7 heteroatoms. The van der Waals surface area contributed by atoms with E-state index in [4.69, 9.17) is 0 Å². The van der Waals surface area contributed by atoms with Crippen LogP contribution < -0.4 is 5.32 Å². The summed E-state index contributed by atoms with van der Waals surface area (Å²) < 4.78 is 41.8. The molecule has 0 aromatic heterocycles. The van der Waals surface area contributed by atoms with Crippen LogP contribution in [0.25, 0.3) is 0 Å². The van der Waals surface area contributed by atoms with Gasteiger partial charge in [0.25, 0.3) is 5.91 Å². The SMILES string of the molecule is CCc1cccc(C)c1NC(=O)c1cc(S(=O)(=O)N2CCC(C)CC2)ccc1F. The Morgan fingerprint density at radius 1 is 1.21 bits per heavy atom. The van der Waals surface area contributed by atoms with Gasteiger partial charge in [0, 0.05) is 18.8 Å². The fraction of sp³-hybridized carbons (Fsp3) is 0.409. The first-order valence-electron chi connectivity index (χ1n) is 9.93. The van der Waals surface area contributed by atoms with Crippen molar-refractivity contribution in [3.63, 3.8) is 0 Å². The van der Waals surface area contributed by atoms with Crippen LogP contribution in [-0.2, 0) is 16.4 Å². The minimum Gasteiger partial charge on any atom is -0.321 e. The van der Waals surface area contributed by atoms with Gasteiger partial charge in [-0.15, -0.1) is 0 Å². The molecule has 0 unspecified atom stereocenters. The molecule has 1 aliphatic rings. The summed E-state index contributed by atoms with van der Waals surface area (Å²) in [5.74, 6) is -0.922. The molecule has 0 saturated carbocycles. The second kappa shape index (κ2) is 8.63. The van der Waals surface area contributed by atoms with Crippen LogP contribution in [0.3, 0.4) is 0 Å². The summed E-state index contributed by atoms with van der Waals surface area (Å²) in [6.45, 7) is 6.80. The molecule has 2 aromatic rings. The van der Waals surface area contributed by atoms with Gasteiger partial charge >= 0.3 is 0 Å². The van der Waals surface area contributed by atoms with Crippen molar-refractivity contribution in [2.45, 2.75) is 44.9 Å². The molecule has 1 aliphatic heterocycles. The number of halogens is 1. The zero-order valence-corrected chi connectivity index (χ0v) is 17.9. The number of hydrogen-bond acceptors (Lipinski definition) is 3. The quantitative estimate of drug-likeness (QED) is 0.784. The molecule has 1 fully saturated rings. The predicted octanol–water partition coefficient (Wildman–Crippen LogP) is 4.37. The summed E-state index contributed by atoms with van der Waals surface area (Å²) in [7, 11) is -3.77. The van der Waals surface area contributed by atoms with E-state index in [1.54, 1.807) is 0 Å². The van der Waals surface area contributed by atoms with Crippen molar-refractivity contribution in [2.75, 3.05) is 18.4 Å². The van der Waals surface area contributed by atoms with Gasteiger partial charge in [-0.1, -0.05) is 32.0 Å². The van der Waals surface area contributed by atoms with E-state index in [0.29, 0.717) is 31.1 Å². The number of carbonyl (C=O) groups excluding carboxylic acids is 1. The minimum atomic E-state index is -3.77. The Labute approximate surface area is 172 Å². The zero-order valence-electron chi connectivity index (χ0n) is 17.0. The summed E-state index contributed by atoms with van der Waals surface area (Å²) in [6.07, 6.45) is 2.29. The normalized spacial score (nSPS) is 16.0. The van der Waals surface area contributed by atoms with Crippen LogP contribution in [0, 0.1) is 18.7 Å². The lowest BCUT2D eigenvalue weighted by atomic mass is 10.0. The highest BCUT2D eigenvalue weighted by Crippen LogP contribution is 2.26. The standard InChI is InChI=1S/C22H27FN2O3S/c1-4-17-7-5-6-16(3)21(17)24-22(26)19-14-18(8-9-20(19)23)29(27,28)25-12-10-15(2)11-13-25/h5-9,14-15H,4,10-13H2,1-3H3,(H,24,26). The van der Waals surface area contributed by atoms with Gasteiger partial charge < -0.3 is 5.32 Å². The van der Waals surface area contributed by atoms with Crippen LogP contribution >= 0.6 is 0 Å². The van der Waals surface area contributed by atoms with Crippen molar-refractivity contribution in [2.24, 2.45) is 5.92 Å². The number of nitrogens with one attached hydrogen (secondary N) is 1. The third-order valence-electron chi connectivity index (χ3n) is 5.54. The Bertz CT molecular complexity index is 1010. The van der Waals surface area contributed by atoms with E-state index in [1.165, 1.54) is 10.4 Å². The number of carbonyl (C=O) groups is 1. The van der Waals surface area contributed by atoms with Gasteiger partial charge in [0.05, 0.1) is 10.5 Å². The van der Waals surface area contributed by atoms with Gasteiger partial charge in [-0.25, -0.2) is 12.8 Å². The lowest BCUT2D eigenvalue weighted by Crippen LogP contribution is -2.38. The number of rotatable bonds is 5. The minimum absolute atomic E-state index is 0.0564. The van der Waals surface area contributed by atoms with Gasteiger partial charge in [-0.3, -0.25) is 4.79 Å². The van der Waals surface area contributed by atoms with E-state index < -0.39 is 21.7 Å². The van der Waals surface area contributed by atoms with E-state index in [9.17, 15) is 17.6 Å². The lowest BCUT2D eigenvalue weighted by Gasteiger charge is -2.29. The molecule has 1 amide bonds. The van der Waals surface area contributed by atoms with Crippen LogP contribution in [0.15, 0.2) is 41.3 Å². The Kier molecular flexibility index (Phi) is 6.39. The molecule has 0 atom stereocenters. The number of benzene rings is 2. The Hall–Kier alpha value is -2.25. The number of piperidine rings is 1. The van der Waals surface area contributed by atoms with E-state index in [0.717, 1.165) is 36.1 Å². The number of amides is 1. The highest BCUT2D eigenvalue weighted by molar-refractivity contribution is 7.89. The summed E-state index contributed by atoms with van der Waals surface area (Å²) in [5, 5.41) is 2.76. The van der Waals surface area contributed by atoms with Crippen molar-refractivity contribution in [1.82, 2.24) is 4.31 Å². The van der Waals surface area contributed by atoms with Gasteiger partial charge in [-0.05, 0) is 61.4 Å². The third kappa shape index (κ3) is 4.51. The lowest BCUT2D eigenvalue weighted by molar-refractivity contribution is 0.102. The number of anilines is 1. The monoisotopic (exact) mass is 418 g/mol. The number of aryl methyl sites for hydroxylation is 2. The predicted molar refractivity (Wildman–Crippen MR) is 112 cm³/mol. The molecule has 1 heterocycles. The number of sulfonamides is 1. The van der Waals surface area contributed by atoms with E-state index in [2.05, 4.69) is 12.2 Å². The van der Waals surface area contributed by atoms with Crippen molar-refractivity contribution in [3.05, 3.63) is 58.9 Å². The maximum absolute atomic E-state index is 14.4. The smallest absolute Gasteiger partial charge is 0.258 e. The summed E-state index contributed by atoms with van der Waals surface area (Å²) >= 11 is 0. The molecule has 0 spiro atoms. The molecule has 3 rings (SSSR count). The molecule has 2 aromatic carbocycles. The van der Waals surface area contributed by atoms with E-state index in [-0.39, 0.29) is 10.5 Å². The second-order valence-electron chi connectivity index (χ2n) is 7.64. The van der Waals surface area contributed by atoms with Crippen molar-refractivity contribution in [1.29, 1.82) is 0 Å². The van der Waals surface area contributed by atoms with Gasteiger partial charge in [0.15, 0.2) is 0 Å². The molecule has 1 N–H and O–H groups in total. The van der Waals surface area contributed by atoms with Crippen LogP contribution in [0.4, 0.5) is 10.1 Å². The number of nitrogens with zero attached hydrogens (tertiary/aromatic N) is 1. The van der Waals surface area contributed by atoms with Crippen molar-refractivity contribution in [3.8, 4) is 0 Å². The molecule has 5 nitrogen and oxygen atoms in total. The zero-order chi connectivity index (χ0) is 21.2. The molecular weight excluding hydrogens is 391 g/mol. The maximum Gasteiger partial charge on any atom is 0.258 e. The molecule has 29 heavy (non-hydrogen) atoms. The van der Waals surface area contributed by atoms with Gasteiger partial charge in [0.1, 0.15) is 5.82 Å². The highest BCUT2D eigenvalue weighted by Gasteiger charge is 2.29. The Balaban J connectivity index is 1.91. The van der Waals surface area contributed by atoms with Crippen LogP contribution in [0.5, 0.6) is 0 Å². The summed E-state index contributed by atoms with van der Waals surface area (Å²) in [6, 6.07) is 9.08. The van der Waals surface area contributed by atoms with E-state index in [1.807, 2.05) is 32.0 Å². The first-order chi connectivity index (χ1) is 13.7. The topological polar surface area (TPSA) is 66.5 Å². The molecular formula is C22H27FN2O3S. The van der Waals surface area contributed by atoms with Crippen LogP contribution in [0.2, 0.25) is 0 Å². The van der Waals surface area contributed by atoms with Crippen LogP contribution in [0.1, 0.15) is 48.2 Å². The van der Waals surface area contributed by atoms with Crippen molar-refractivity contribution >= 4 is 21.6 Å². The Morgan fingerprint density at radius 2 is 1.90 bits per heavy atom. The number of hydrogen-bond donors (Lipinski definition) is 1. The number of para-hydroxylation sites is 1. The summed E-state index contributed by atoms with van der Waals surface area (Å²) in [4.78, 5) is 12.7. The first kappa shape index (κ1) is 21.5. The average molecular weight is 419 g/mol. The second-order valence-corrected chi connectivity index (χ2v) is 9.58. The van der Waals surface area contributed by atoms with Crippen LogP contribution in [-0.4, -0.2) is 31.7 Å². The fourth-order valence-corrected chi connectivity index (χ4v) is 5.09. The summed E-state index contributed by atoms with van der Waals surface area (Å²) in [5.41, 5.74) is 2.16. The molecule has 0 bridgehead atoms. The average Bonchev–Trinajstić information content (AvgIpc) is 2.70. The maximum atomic E-state index is 14.4. The molecule has 156 valence electrons.